The molecule has 2 rings (SSSR count). The van der Waals surface area contributed by atoms with E-state index in [1.54, 1.807) is 25.4 Å². The van der Waals surface area contributed by atoms with Crippen molar-refractivity contribution >= 4 is 21.8 Å². The summed E-state index contributed by atoms with van der Waals surface area (Å²) in [6.45, 7) is 1.49. The minimum absolute atomic E-state index is 0.0568. The van der Waals surface area contributed by atoms with Crippen LogP contribution in [0.1, 0.15) is 29.6 Å². The number of ether oxygens (including phenoxy) is 1. The highest BCUT2D eigenvalue weighted by Crippen LogP contribution is 2.48. The molecule has 1 heterocycles. The third-order valence-corrected chi connectivity index (χ3v) is 3.88. The van der Waals surface area contributed by atoms with Crippen molar-refractivity contribution in [3.8, 4) is 0 Å². The first kappa shape index (κ1) is 13.5. The van der Waals surface area contributed by atoms with Crippen LogP contribution in [0.15, 0.2) is 22.9 Å². The molecule has 5 heteroatoms. The van der Waals surface area contributed by atoms with Gasteiger partial charge in [-0.25, -0.2) is 4.98 Å². The zero-order valence-corrected chi connectivity index (χ0v) is 12.0. The van der Waals surface area contributed by atoms with E-state index >= 15 is 0 Å². The van der Waals surface area contributed by atoms with Crippen molar-refractivity contribution in [2.75, 3.05) is 20.3 Å². The maximum atomic E-state index is 11.9. The minimum atomic E-state index is -0.0568. The fourth-order valence-electron chi connectivity index (χ4n) is 1.89. The molecule has 0 unspecified atom stereocenters. The fourth-order valence-corrected chi connectivity index (χ4v) is 2.13. The smallest absolute Gasteiger partial charge is 0.252 e. The molecule has 0 aromatic carbocycles. The molecule has 0 bridgehead atoms. The van der Waals surface area contributed by atoms with Crippen LogP contribution in [0.3, 0.4) is 0 Å². The lowest BCUT2D eigenvalue weighted by Crippen LogP contribution is -2.30. The normalized spacial score (nSPS) is 16.3. The number of carbonyl (C=O) groups is 1. The highest BCUT2D eigenvalue weighted by atomic mass is 79.9. The molecule has 98 valence electrons. The zero-order valence-electron chi connectivity index (χ0n) is 10.4. The topological polar surface area (TPSA) is 51.2 Å². The standard InChI is InChI=1S/C13H17BrN2O2/c1-18-7-6-13(4-5-13)9-16-12(17)10-2-3-11(14)15-8-10/h2-3,8H,4-7,9H2,1H3,(H,16,17). The van der Waals surface area contributed by atoms with Gasteiger partial charge in [-0.2, -0.15) is 0 Å². The zero-order chi connectivity index (χ0) is 13.0. The van der Waals surface area contributed by atoms with Gasteiger partial charge in [0.2, 0.25) is 0 Å². The number of amides is 1. The molecule has 0 radical (unpaired) electrons. The first-order valence-electron chi connectivity index (χ1n) is 6.04. The Kier molecular flexibility index (Phi) is 4.35. The van der Waals surface area contributed by atoms with Gasteiger partial charge in [0.05, 0.1) is 5.56 Å². The minimum Gasteiger partial charge on any atom is -0.385 e. The summed E-state index contributed by atoms with van der Waals surface area (Å²) in [7, 11) is 1.71. The molecular weight excluding hydrogens is 296 g/mol. The van der Waals surface area contributed by atoms with E-state index in [0.717, 1.165) is 24.2 Å². The Labute approximate surface area is 115 Å². The number of hydrogen-bond donors (Lipinski definition) is 1. The highest BCUT2D eigenvalue weighted by molar-refractivity contribution is 9.10. The third kappa shape index (κ3) is 3.53. The van der Waals surface area contributed by atoms with Gasteiger partial charge in [0.25, 0.3) is 5.91 Å². The van der Waals surface area contributed by atoms with Crippen LogP contribution in [0.25, 0.3) is 0 Å². The van der Waals surface area contributed by atoms with E-state index < -0.39 is 0 Å². The van der Waals surface area contributed by atoms with Crippen molar-refractivity contribution in [2.45, 2.75) is 19.3 Å². The van der Waals surface area contributed by atoms with Gasteiger partial charge in [-0.1, -0.05) is 0 Å². The predicted octanol–water partition coefficient (Wildman–Crippen LogP) is 2.39. The summed E-state index contributed by atoms with van der Waals surface area (Å²) in [5, 5.41) is 2.98. The van der Waals surface area contributed by atoms with Crippen molar-refractivity contribution in [1.29, 1.82) is 0 Å². The van der Waals surface area contributed by atoms with Gasteiger partial charge < -0.3 is 10.1 Å². The Morgan fingerprint density at radius 2 is 2.33 bits per heavy atom. The quantitative estimate of drug-likeness (QED) is 0.821. The van der Waals surface area contributed by atoms with Crippen LogP contribution >= 0.6 is 15.9 Å². The molecule has 1 N–H and O–H groups in total. The van der Waals surface area contributed by atoms with E-state index in [9.17, 15) is 4.79 Å². The summed E-state index contributed by atoms with van der Waals surface area (Å²) in [6, 6.07) is 3.54. The molecule has 1 aromatic heterocycles. The summed E-state index contributed by atoms with van der Waals surface area (Å²) in [4.78, 5) is 16.0. The Morgan fingerprint density at radius 1 is 1.56 bits per heavy atom. The summed E-state index contributed by atoms with van der Waals surface area (Å²) in [5.74, 6) is -0.0568. The van der Waals surface area contributed by atoms with Crippen molar-refractivity contribution in [1.82, 2.24) is 10.3 Å². The lowest BCUT2D eigenvalue weighted by atomic mass is 10.0. The van der Waals surface area contributed by atoms with Gasteiger partial charge in [-0.05, 0) is 52.7 Å². The molecule has 1 aliphatic carbocycles. The number of halogens is 1. The van der Waals surface area contributed by atoms with Gasteiger partial charge in [0.1, 0.15) is 4.60 Å². The lowest BCUT2D eigenvalue weighted by Gasteiger charge is -2.15. The fraction of sp³-hybridized carbons (Fsp3) is 0.538. The first-order valence-corrected chi connectivity index (χ1v) is 6.83. The van der Waals surface area contributed by atoms with Gasteiger partial charge in [0.15, 0.2) is 0 Å². The maximum Gasteiger partial charge on any atom is 0.252 e. The van der Waals surface area contributed by atoms with Crippen LogP contribution < -0.4 is 5.32 Å². The summed E-state index contributed by atoms with van der Waals surface area (Å²) in [6.07, 6.45) is 4.95. The molecule has 1 amide bonds. The Balaban J connectivity index is 1.83. The molecule has 1 fully saturated rings. The first-order chi connectivity index (χ1) is 8.65. The molecule has 0 aliphatic heterocycles. The van der Waals surface area contributed by atoms with Crippen LogP contribution in [0.4, 0.5) is 0 Å². The third-order valence-electron chi connectivity index (χ3n) is 3.41. The molecule has 0 saturated heterocycles. The Morgan fingerprint density at radius 3 is 2.89 bits per heavy atom. The number of aromatic nitrogens is 1. The Bertz CT molecular complexity index is 416. The van der Waals surface area contributed by atoms with Gasteiger partial charge in [-0.15, -0.1) is 0 Å². The molecule has 1 aromatic rings. The number of pyridine rings is 1. The van der Waals surface area contributed by atoms with E-state index in [2.05, 4.69) is 26.2 Å². The average Bonchev–Trinajstić information content (AvgIpc) is 3.15. The van der Waals surface area contributed by atoms with Gasteiger partial charge in [-0.3, -0.25) is 4.79 Å². The van der Waals surface area contributed by atoms with E-state index in [1.165, 1.54) is 12.8 Å². The largest absolute Gasteiger partial charge is 0.385 e. The highest BCUT2D eigenvalue weighted by Gasteiger charge is 2.42. The second kappa shape index (κ2) is 5.80. The number of hydrogen-bond acceptors (Lipinski definition) is 3. The van der Waals surface area contributed by atoms with E-state index in [-0.39, 0.29) is 11.3 Å². The maximum absolute atomic E-state index is 11.9. The molecule has 0 atom stereocenters. The number of nitrogens with one attached hydrogen (secondary N) is 1. The average molecular weight is 313 g/mol. The molecule has 0 spiro atoms. The molecule has 4 nitrogen and oxygen atoms in total. The molecule has 1 aliphatic rings. The number of nitrogens with zero attached hydrogens (tertiary/aromatic N) is 1. The molecular formula is C13H17BrN2O2. The van der Waals surface area contributed by atoms with Crippen molar-refractivity contribution in [3.05, 3.63) is 28.5 Å². The van der Waals surface area contributed by atoms with Crippen molar-refractivity contribution in [2.24, 2.45) is 5.41 Å². The van der Waals surface area contributed by atoms with E-state index in [1.807, 2.05) is 0 Å². The van der Waals surface area contributed by atoms with Crippen LogP contribution in [0.2, 0.25) is 0 Å². The lowest BCUT2D eigenvalue weighted by molar-refractivity contribution is 0.0937. The summed E-state index contributed by atoms with van der Waals surface area (Å²) >= 11 is 3.25. The molecule has 1 saturated carbocycles. The Hall–Kier alpha value is -0.940. The molecule has 18 heavy (non-hydrogen) atoms. The second-order valence-electron chi connectivity index (χ2n) is 4.80. The van der Waals surface area contributed by atoms with E-state index in [0.29, 0.717) is 5.56 Å². The number of carbonyl (C=O) groups excluding carboxylic acids is 1. The van der Waals surface area contributed by atoms with Crippen LogP contribution in [-0.2, 0) is 4.74 Å². The van der Waals surface area contributed by atoms with Crippen LogP contribution in [-0.4, -0.2) is 31.2 Å². The summed E-state index contributed by atoms with van der Waals surface area (Å²) < 4.78 is 5.83. The van der Waals surface area contributed by atoms with E-state index in [4.69, 9.17) is 4.74 Å². The number of methoxy groups -OCH3 is 1. The van der Waals surface area contributed by atoms with Gasteiger partial charge >= 0.3 is 0 Å². The van der Waals surface area contributed by atoms with Crippen LogP contribution in [0, 0.1) is 5.41 Å². The predicted molar refractivity (Wildman–Crippen MR) is 72.4 cm³/mol. The summed E-state index contributed by atoms with van der Waals surface area (Å²) in [5.41, 5.74) is 0.870. The van der Waals surface area contributed by atoms with Gasteiger partial charge in [0, 0.05) is 26.5 Å². The number of rotatable bonds is 6. The van der Waals surface area contributed by atoms with Crippen molar-refractivity contribution < 1.29 is 9.53 Å². The van der Waals surface area contributed by atoms with Crippen molar-refractivity contribution in [3.63, 3.8) is 0 Å². The monoisotopic (exact) mass is 312 g/mol. The van der Waals surface area contributed by atoms with Crippen LogP contribution in [0.5, 0.6) is 0 Å². The second-order valence-corrected chi connectivity index (χ2v) is 5.61. The SMILES string of the molecule is COCCC1(CNC(=O)c2ccc(Br)nc2)CC1.